The molecule has 1 heterocycles. The van der Waals surface area contributed by atoms with Gasteiger partial charge in [-0.05, 0) is 45.4 Å². The van der Waals surface area contributed by atoms with Gasteiger partial charge >= 0.3 is 0 Å². The van der Waals surface area contributed by atoms with Gasteiger partial charge < -0.3 is 10.2 Å². The molecular weight excluding hydrogens is 228 g/mol. The third-order valence-electron chi connectivity index (χ3n) is 4.75. The maximum Gasteiger partial charge on any atom is 0.249 e. The van der Waals surface area contributed by atoms with E-state index in [9.17, 15) is 9.59 Å². The van der Waals surface area contributed by atoms with Crippen LogP contribution in [0.2, 0.25) is 0 Å². The molecule has 102 valence electrons. The average molecular weight is 252 g/mol. The van der Waals surface area contributed by atoms with Gasteiger partial charge in [0, 0.05) is 6.04 Å². The number of carbonyl (C=O) groups is 2. The molecule has 0 radical (unpaired) electrons. The molecule has 0 aromatic rings. The van der Waals surface area contributed by atoms with Gasteiger partial charge in [0.1, 0.15) is 11.6 Å². The summed E-state index contributed by atoms with van der Waals surface area (Å²) in [4.78, 5) is 26.7. The molecule has 0 aromatic heterocycles. The monoisotopic (exact) mass is 252 g/mol. The van der Waals surface area contributed by atoms with Gasteiger partial charge in [-0.2, -0.15) is 0 Å². The first-order valence-electron chi connectivity index (χ1n) is 7.11. The molecule has 4 heteroatoms. The summed E-state index contributed by atoms with van der Waals surface area (Å²) in [5.74, 6) is 0.693. The Morgan fingerprint density at radius 2 is 1.89 bits per heavy atom. The highest BCUT2D eigenvalue weighted by Crippen LogP contribution is 2.38. The van der Waals surface area contributed by atoms with E-state index >= 15 is 0 Å². The third-order valence-corrected chi connectivity index (χ3v) is 4.75. The van der Waals surface area contributed by atoms with Crippen molar-refractivity contribution in [1.82, 2.24) is 10.2 Å². The molecule has 0 bridgehead atoms. The lowest BCUT2D eigenvalue weighted by Crippen LogP contribution is -2.71. The standard InChI is InChI=1S/C14H24N2O2/c1-5-14(6-2)13(18)16(9(3)11-7-8-11)10(4)12(17)15-14/h9-11H,5-8H2,1-4H3,(H,15,17). The normalized spacial score (nSPS) is 29.1. The zero-order valence-corrected chi connectivity index (χ0v) is 11.8. The molecule has 1 aliphatic heterocycles. The van der Waals surface area contributed by atoms with Crippen molar-refractivity contribution in [2.75, 3.05) is 0 Å². The van der Waals surface area contributed by atoms with Crippen molar-refractivity contribution >= 4 is 11.8 Å². The van der Waals surface area contributed by atoms with Crippen LogP contribution in [0.15, 0.2) is 0 Å². The van der Waals surface area contributed by atoms with Crippen molar-refractivity contribution in [2.24, 2.45) is 5.92 Å². The maximum atomic E-state index is 12.8. The van der Waals surface area contributed by atoms with Crippen LogP contribution in [-0.2, 0) is 9.59 Å². The summed E-state index contributed by atoms with van der Waals surface area (Å²) in [6, 6.07) is -0.143. The van der Waals surface area contributed by atoms with Gasteiger partial charge in [0.25, 0.3) is 0 Å². The molecule has 2 aliphatic rings. The molecule has 4 nitrogen and oxygen atoms in total. The second kappa shape index (κ2) is 4.56. The van der Waals surface area contributed by atoms with Crippen LogP contribution >= 0.6 is 0 Å². The second-order valence-electron chi connectivity index (χ2n) is 5.74. The minimum Gasteiger partial charge on any atom is -0.340 e. The molecule has 2 unspecified atom stereocenters. The van der Waals surface area contributed by atoms with Crippen molar-refractivity contribution in [3.05, 3.63) is 0 Å². The Morgan fingerprint density at radius 1 is 1.33 bits per heavy atom. The zero-order valence-electron chi connectivity index (χ0n) is 11.8. The van der Waals surface area contributed by atoms with E-state index in [1.165, 1.54) is 12.8 Å². The number of piperazine rings is 1. The fraction of sp³-hybridized carbons (Fsp3) is 0.857. The Labute approximate surface area is 109 Å². The molecule has 0 aromatic carbocycles. The summed E-state index contributed by atoms with van der Waals surface area (Å²) in [6.45, 7) is 7.86. The summed E-state index contributed by atoms with van der Waals surface area (Å²) in [5, 5.41) is 2.94. The van der Waals surface area contributed by atoms with Crippen LogP contribution in [0.3, 0.4) is 0 Å². The van der Waals surface area contributed by atoms with Crippen LogP contribution in [-0.4, -0.2) is 34.3 Å². The Hall–Kier alpha value is -1.06. The first kappa shape index (κ1) is 13.4. The predicted octanol–water partition coefficient (Wildman–Crippen LogP) is 1.69. The van der Waals surface area contributed by atoms with Gasteiger partial charge in [0.15, 0.2) is 0 Å². The Bertz CT molecular complexity index is 359. The molecule has 1 saturated heterocycles. The minimum absolute atomic E-state index is 0.00852. The van der Waals surface area contributed by atoms with Gasteiger partial charge in [-0.1, -0.05) is 13.8 Å². The summed E-state index contributed by atoms with van der Waals surface area (Å²) in [6.07, 6.45) is 3.69. The first-order valence-corrected chi connectivity index (χ1v) is 7.11. The number of rotatable bonds is 4. The molecule has 1 N–H and O–H groups in total. The van der Waals surface area contributed by atoms with Gasteiger partial charge in [-0.25, -0.2) is 0 Å². The lowest BCUT2D eigenvalue weighted by Gasteiger charge is -2.47. The van der Waals surface area contributed by atoms with Crippen molar-refractivity contribution in [1.29, 1.82) is 0 Å². The van der Waals surface area contributed by atoms with Crippen LogP contribution in [0.25, 0.3) is 0 Å². The van der Waals surface area contributed by atoms with E-state index in [-0.39, 0.29) is 23.9 Å². The highest BCUT2D eigenvalue weighted by molar-refractivity contribution is 5.99. The lowest BCUT2D eigenvalue weighted by atomic mass is 9.86. The Morgan fingerprint density at radius 3 is 2.33 bits per heavy atom. The SMILES string of the molecule is CCC1(CC)NC(=O)C(C)N(C(C)C2CC2)C1=O. The lowest BCUT2D eigenvalue weighted by molar-refractivity contribution is -0.157. The second-order valence-corrected chi connectivity index (χ2v) is 5.74. The van der Waals surface area contributed by atoms with Crippen molar-refractivity contribution in [3.63, 3.8) is 0 Å². The van der Waals surface area contributed by atoms with Crippen LogP contribution < -0.4 is 5.32 Å². The fourth-order valence-electron chi connectivity index (χ4n) is 3.02. The Kier molecular flexibility index (Phi) is 3.39. The molecular formula is C14H24N2O2. The summed E-state index contributed by atoms with van der Waals surface area (Å²) in [7, 11) is 0. The number of nitrogens with zero attached hydrogens (tertiary/aromatic N) is 1. The highest BCUT2D eigenvalue weighted by atomic mass is 16.2. The molecule has 2 fully saturated rings. The van der Waals surface area contributed by atoms with Gasteiger partial charge in [0.2, 0.25) is 11.8 Å². The summed E-state index contributed by atoms with van der Waals surface area (Å²) >= 11 is 0. The maximum absolute atomic E-state index is 12.8. The molecule has 2 atom stereocenters. The van der Waals surface area contributed by atoms with E-state index in [2.05, 4.69) is 12.2 Å². The quantitative estimate of drug-likeness (QED) is 0.827. The van der Waals surface area contributed by atoms with Crippen LogP contribution in [0, 0.1) is 5.92 Å². The number of hydrogen-bond donors (Lipinski definition) is 1. The van der Waals surface area contributed by atoms with E-state index in [1.54, 1.807) is 0 Å². The number of nitrogens with one attached hydrogen (secondary N) is 1. The molecule has 1 aliphatic carbocycles. The van der Waals surface area contributed by atoms with Gasteiger partial charge in [-0.15, -0.1) is 0 Å². The highest BCUT2D eigenvalue weighted by Gasteiger charge is 2.50. The number of amides is 2. The minimum atomic E-state index is -0.674. The molecule has 2 rings (SSSR count). The van der Waals surface area contributed by atoms with Crippen molar-refractivity contribution < 1.29 is 9.59 Å². The van der Waals surface area contributed by atoms with Crippen LogP contribution in [0.4, 0.5) is 0 Å². The topological polar surface area (TPSA) is 49.4 Å². The molecule has 18 heavy (non-hydrogen) atoms. The largest absolute Gasteiger partial charge is 0.340 e. The van der Waals surface area contributed by atoms with E-state index in [0.29, 0.717) is 18.8 Å². The summed E-state index contributed by atoms with van der Waals surface area (Å²) < 4.78 is 0. The van der Waals surface area contributed by atoms with E-state index in [4.69, 9.17) is 0 Å². The van der Waals surface area contributed by atoms with Gasteiger partial charge in [-0.3, -0.25) is 9.59 Å². The summed E-state index contributed by atoms with van der Waals surface area (Å²) in [5.41, 5.74) is -0.674. The number of carbonyl (C=O) groups excluding carboxylic acids is 2. The van der Waals surface area contributed by atoms with E-state index < -0.39 is 5.54 Å². The van der Waals surface area contributed by atoms with Crippen LogP contribution in [0.1, 0.15) is 53.4 Å². The zero-order chi connectivity index (χ0) is 13.5. The van der Waals surface area contributed by atoms with E-state index in [0.717, 1.165) is 0 Å². The molecule has 1 saturated carbocycles. The van der Waals surface area contributed by atoms with Crippen molar-refractivity contribution in [2.45, 2.75) is 71.0 Å². The first-order chi connectivity index (χ1) is 8.46. The third kappa shape index (κ3) is 1.91. The smallest absolute Gasteiger partial charge is 0.249 e. The molecule has 2 amide bonds. The molecule has 0 spiro atoms. The fourth-order valence-corrected chi connectivity index (χ4v) is 3.02. The van der Waals surface area contributed by atoms with E-state index in [1.807, 2.05) is 25.7 Å². The van der Waals surface area contributed by atoms with Crippen molar-refractivity contribution in [3.8, 4) is 0 Å². The average Bonchev–Trinajstić information content (AvgIpc) is 3.18. The van der Waals surface area contributed by atoms with Crippen LogP contribution in [0.5, 0.6) is 0 Å². The number of hydrogen-bond acceptors (Lipinski definition) is 2. The Balaban J connectivity index is 2.30. The van der Waals surface area contributed by atoms with Gasteiger partial charge in [0.05, 0.1) is 0 Å². The predicted molar refractivity (Wildman–Crippen MR) is 69.9 cm³/mol.